The van der Waals surface area contributed by atoms with Crippen LogP contribution in [0.5, 0.6) is 0 Å². The average Bonchev–Trinajstić information content (AvgIpc) is 2.55. The number of likely N-dealkylation sites (tertiary alicyclic amines) is 1. The molecule has 0 bridgehead atoms. The minimum Gasteiger partial charge on any atom is -0.342 e. The van der Waals surface area contributed by atoms with Crippen molar-refractivity contribution in [3.63, 3.8) is 0 Å². The van der Waals surface area contributed by atoms with Crippen LogP contribution >= 0.6 is 11.6 Å². The number of halogens is 1. The molecule has 3 amide bonds. The van der Waals surface area contributed by atoms with Gasteiger partial charge in [0.1, 0.15) is 0 Å². The van der Waals surface area contributed by atoms with Gasteiger partial charge in [-0.3, -0.25) is 4.79 Å². The fourth-order valence-corrected chi connectivity index (χ4v) is 3.24. The van der Waals surface area contributed by atoms with E-state index in [0.717, 1.165) is 18.4 Å². The van der Waals surface area contributed by atoms with Crippen LogP contribution in [0.15, 0.2) is 24.3 Å². The normalized spacial score (nSPS) is 16.8. The molecule has 0 radical (unpaired) electrons. The Morgan fingerprint density at radius 3 is 2.38 bits per heavy atom. The van der Waals surface area contributed by atoms with Crippen molar-refractivity contribution < 1.29 is 9.59 Å². The van der Waals surface area contributed by atoms with Crippen molar-refractivity contribution in [1.82, 2.24) is 15.5 Å². The maximum absolute atomic E-state index is 12.2. The van der Waals surface area contributed by atoms with Gasteiger partial charge in [-0.2, -0.15) is 0 Å². The third-order valence-electron chi connectivity index (χ3n) is 4.36. The first-order valence-corrected chi connectivity index (χ1v) is 8.86. The highest BCUT2D eigenvalue weighted by Crippen LogP contribution is 2.22. The Balaban J connectivity index is 1.80. The third-order valence-corrected chi connectivity index (χ3v) is 4.70. The van der Waals surface area contributed by atoms with Gasteiger partial charge in [0.05, 0.1) is 6.04 Å². The van der Waals surface area contributed by atoms with Crippen molar-refractivity contribution >= 4 is 23.5 Å². The van der Waals surface area contributed by atoms with E-state index in [-0.39, 0.29) is 29.9 Å². The Bertz CT molecular complexity index is 583. The van der Waals surface area contributed by atoms with Gasteiger partial charge in [0.2, 0.25) is 5.91 Å². The zero-order valence-electron chi connectivity index (χ0n) is 14.5. The van der Waals surface area contributed by atoms with Crippen LogP contribution in [-0.4, -0.2) is 36.0 Å². The lowest BCUT2D eigenvalue weighted by atomic mass is 10.0. The first kappa shape index (κ1) is 18.6. The quantitative estimate of drug-likeness (QED) is 0.873. The summed E-state index contributed by atoms with van der Waals surface area (Å²) >= 11 is 6.16. The number of piperidine rings is 1. The lowest BCUT2D eigenvalue weighted by molar-refractivity contribution is -0.135. The first-order chi connectivity index (χ1) is 11.4. The predicted octanol–water partition coefficient (Wildman–Crippen LogP) is 3.35. The predicted molar refractivity (Wildman–Crippen MR) is 96.0 cm³/mol. The second-order valence-electron chi connectivity index (χ2n) is 6.62. The van der Waals surface area contributed by atoms with Crippen LogP contribution < -0.4 is 10.6 Å². The summed E-state index contributed by atoms with van der Waals surface area (Å²) in [6.45, 7) is 7.13. The molecule has 1 fully saturated rings. The molecule has 6 heteroatoms. The third kappa shape index (κ3) is 4.87. The van der Waals surface area contributed by atoms with Gasteiger partial charge in [0, 0.05) is 30.1 Å². The Labute approximate surface area is 148 Å². The summed E-state index contributed by atoms with van der Waals surface area (Å²) in [5, 5.41) is 6.56. The maximum Gasteiger partial charge on any atom is 0.315 e. The number of carbonyl (C=O) groups is 2. The molecule has 2 rings (SSSR count). The summed E-state index contributed by atoms with van der Waals surface area (Å²) in [7, 11) is 0. The van der Waals surface area contributed by atoms with Crippen molar-refractivity contribution in [2.45, 2.75) is 45.7 Å². The largest absolute Gasteiger partial charge is 0.342 e. The lowest BCUT2D eigenvalue weighted by Gasteiger charge is -2.33. The van der Waals surface area contributed by atoms with Crippen LogP contribution in [0.3, 0.4) is 0 Å². The van der Waals surface area contributed by atoms with Gasteiger partial charge >= 0.3 is 6.03 Å². The first-order valence-electron chi connectivity index (χ1n) is 8.48. The van der Waals surface area contributed by atoms with E-state index in [1.807, 2.05) is 49.9 Å². The molecule has 1 aliphatic heterocycles. The molecule has 0 saturated carbocycles. The molecular formula is C18H26ClN3O2. The summed E-state index contributed by atoms with van der Waals surface area (Å²) in [6, 6.07) is 7.22. The fourth-order valence-electron chi connectivity index (χ4n) is 2.94. The van der Waals surface area contributed by atoms with E-state index in [4.69, 9.17) is 11.6 Å². The fraction of sp³-hybridized carbons (Fsp3) is 0.556. The van der Waals surface area contributed by atoms with E-state index < -0.39 is 0 Å². The van der Waals surface area contributed by atoms with Gasteiger partial charge in [-0.05, 0) is 31.4 Å². The van der Waals surface area contributed by atoms with Gasteiger partial charge in [-0.25, -0.2) is 4.79 Å². The number of urea groups is 1. The number of benzene rings is 1. The monoisotopic (exact) mass is 351 g/mol. The van der Waals surface area contributed by atoms with E-state index in [1.54, 1.807) is 0 Å². The van der Waals surface area contributed by atoms with Gasteiger partial charge in [-0.15, -0.1) is 0 Å². The molecule has 1 aromatic rings. The van der Waals surface area contributed by atoms with Gasteiger partial charge in [-0.1, -0.05) is 43.6 Å². The average molecular weight is 352 g/mol. The van der Waals surface area contributed by atoms with Crippen LogP contribution in [0.25, 0.3) is 0 Å². The number of nitrogens with one attached hydrogen (secondary N) is 2. The Morgan fingerprint density at radius 1 is 1.17 bits per heavy atom. The molecule has 1 unspecified atom stereocenters. The summed E-state index contributed by atoms with van der Waals surface area (Å²) in [6.07, 6.45) is 1.57. The van der Waals surface area contributed by atoms with Crippen LogP contribution in [0, 0.1) is 5.92 Å². The molecule has 2 N–H and O–H groups in total. The Kier molecular flexibility index (Phi) is 6.49. The number of amides is 3. The van der Waals surface area contributed by atoms with Crippen molar-refractivity contribution in [3.8, 4) is 0 Å². The zero-order valence-corrected chi connectivity index (χ0v) is 15.3. The van der Waals surface area contributed by atoms with Gasteiger partial charge < -0.3 is 15.5 Å². The molecule has 0 spiro atoms. The minimum absolute atomic E-state index is 0.0225. The molecule has 1 saturated heterocycles. The molecule has 0 aromatic heterocycles. The second kappa shape index (κ2) is 8.38. The standard InChI is InChI=1S/C18H26ClN3O2/c1-12(2)17(23)22-10-8-14(9-11-22)21-18(24)20-13(3)15-6-4-5-7-16(15)19/h4-7,12-14H,8-11H2,1-3H3,(H2,20,21,24). The van der Waals surface area contributed by atoms with Crippen LogP contribution in [0.4, 0.5) is 4.79 Å². The number of carbonyl (C=O) groups excluding carboxylic acids is 2. The maximum atomic E-state index is 12.2. The Morgan fingerprint density at radius 2 is 1.79 bits per heavy atom. The van der Waals surface area contributed by atoms with Gasteiger partial charge in [0.25, 0.3) is 0 Å². The highest BCUT2D eigenvalue weighted by atomic mass is 35.5. The highest BCUT2D eigenvalue weighted by molar-refractivity contribution is 6.31. The van der Waals surface area contributed by atoms with E-state index in [1.165, 1.54) is 0 Å². The second-order valence-corrected chi connectivity index (χ2v) is 7.02. The minimum atomic E-state index is -0.198. The summed E-state index contributed by atoms with van der Waals surface area (Å²) in [5.41, 5.74) is 0.895. The topological polar surface area (TPSA) is 61.4 Å². The zero-order chi connectivity index (χ0) is 17.7. The molecule has 1 heterocycles. The Hall–Kier alpha value is -1.75. The molecule has 1 aliphatic rings. The number of nitrogens with zero attached hydrogens (tertiary/aromatic N) is 1. The van der Waals surface area contributed by atoms with E-state index >= 15 is 0 Å². The van der Waals surface area contributed by atoms with Crippen LogP contribution in [0.2, 0.25) is 5.02 Å². The summed E-state index contributed by atoms with van der Waals surface area (Å²) in [4.78, 5) is 26.0. The van der Waals surface area contributed by atoms with Crippen molar-refractivity contribution in [3.05, 3.63) is 34.9 Å². The molecule has 1 atom stereocenters. The van der Waals surface area contributed by atoms with Gasteiger partial charge in [0.15, 0.2) is 0 Å². The van der Waals surface area contributed by atoms with Crippen LogP contribution in [0.1, 0.15) is 45.2 Å². The van der Waals surface area contributed by atoms with Crippen molar-refractivity contribution in [2.24, 2.45) is 5.92 Å². The molecule has 24 heavy (non-hydrogen) atoms. The van der Waals surface area contributed by atoms with E-state index in [0.29, 0.717) is 18.1 Å². The molecule has 132 valence electrons. The number of rotatable bonds is 4. The van der Waals surface area contributed by atoms with E-state index in [2.05, 4.69) is 10.6 Å². The van der Waals surface area contributed by atoms with Crippen molar-refractivity contribution in [1.29, 1.82) is 0 Å². The SMILES string of the molecule is CC(C)C(=O)N1CCC(NC(=O)NC(C)c2ccccc2Cl)CC1. The number of hydrogen-bond acceptors (Lipinski definition) is 2. The summed E-state index contributed by atoms with van der Waals surface area (Å²) in [5.74, 6) is 0.208. The molecule has 5 nitrogen and oxygen atoms in total. The summed E-state index contributed by atoms with van der Waals surface area (Å²) < 4.78 is 0. The lowest BCUT2D eigenvalue weighted by Crippen LogP contribution is -2.50. The van der Waals surface area contributed by atoms with Crippen molar-refractivity contribution in [2.75, 3.05) is 13.1 Å². The molecular weight excluding hydrogens is 326 g/mol. The molecule has 1 aromatic carbocycles. The van der Waals surface area contributed by atoms with Crippen LogP contribution in [-0.2, 0) is 4.79 Å². The smallest absolute Gasteiger partial charge is 0.315 e. The highest BCUT2D eigenvalue weighted by Gasteiger charge is 2.25. The number of hydrogen-bond donors (Lipinski definition) is 2. The molecule has 0 aliphatic carbocycles. The van der Waals surface area contributed by atoms with E-state index in [9.17, 15) is 9.59 Å².